The molecule has 3 rings (SSSR count). The van der Waals surface area contributed by atoms with Gasteiger partial charge in [0.05, 0.1) is 16.2 Å². The first-order valence-corrected chi connectivity index (χ1v) is 7.84. The molecule has 106 valence electrons. The third kappa shape index (κ3) is 3.04. The van der Waals surface area contributed by atoms with Gasteiger partial charge in [-0.2, -0.15) is 0 Å². The van der Waals surface area contributed by atoms with Gasteiger partial charge >= 0.3 is 0 Å². The average molecular weight is 362 g/mol. The summed E-state index contributed by atoms with van der Waals surface area (Å²) in [6, 6.07) is 14.2. The smallest absolute Gasteiger partial charge is 0.0763 e. The van der Waals surface area contributed by atoms with E-state index in [4.69, 9.17) is 11.6 Å². The molecule has 2 nitrogen and oxygen atoms in total. The van der Waals surface area contributed by atoms with Crippen LogP contribution in [-0.4, -0.2) is 4.98 Å². The van der Waals surface area contributed by atoms with Crippen molar-refractivity contribution in [3.63, 3.8) is 0 Å². The Labute approximate surface area is 137 Å². The summed E-state index contributed by atoms with van der Waals surface area (Å²) in [6.07, 6.45) is 1.82. The number of aryl methyl sites for hydroxylation is 1. The lowest BCUT2D eigenvalue weighted by atomic mass is 10.1. The Morgan fingerprint density at radius 3 is 2.86 bits per heavy atom. The summed E-state index contributed by atoms with van der Waals surface area (Å²) in [6.45, 7) is 2.71. The van der Waals surface area contributed by atoms with Crippen LogP contribution in [0.1, 0.15) is 11.1 Å². The van der Waals surface area contributed by atoms with Crippen LogP contribution < -0.4 is 5.32 Å². The summed E-state index contributed by atoms with van der Waals surface area (Å²) in [7, 11) is 0. The molecule has 1 aromatic heterocycles. The van der Waals surface area contributed by atoms with Gasteiger partial charge < -0.3 is 5.32 Å². The van der Waals surface area contributed by atoms with Crippen LogP contribution in [0.5, 0.6) is 0 Å². The van der Waals surface area contributed by atoms with Crippen molar-refractivity contribution in [3.8, 4) is 0 Å². The van der Waals surface area contributed by atoms with Crippen LogP contribution in [0.15, 0.2) is 53.1 Å². The van der Waals surface area contributed by atoms with Crippen molar-refractivity contribution in [1.82, 2.24) is 4.98 Å². The number of nitrogens with one attached hydrogen (secondary N) is 1. The fraction of sp³-hybridized carbons (Fsp3) is 0.118. The quantitative estimate of drug-likeness (QED) is 0.659. The Hall–Kier alpha value is -1.58. The van der Waals surface area contributed by atoms with Crippen LogP contribution in [0.3, 0.4) is 0 Å². The monoisotopic (exact) mass is 360 g/mol. The van der Waals surface area contributed by atoms with E-state index >= 15 is 0 Å². The number of hydrogen-bond donors (Lipinski definition) is 1. The highest BCUT2D eigenvalue weighted by atomic mass is 79.9. The fourth-order valence-corrected chi connectivity index (χ4v) is 3.05. The molecule has 0 radical (unpaired) electrons. The number of anilines is 1. The molecule has 3 aromatic rings. The molecule has 0 aliphatic heterocycles. The second kappa shape index (κ2) is 6.04. The molecule has 0 unspecified atom stereocenters. The van der Waals surface area contributed by atoms with Crippen molar-refractivity contribution in [1.29, 1.82) is 0 Å². The minimum atomic E-state index is 0.684. The van der Waals surface area contributed by atoms with Gasteiger partial charge in [0.1, 0.15) is 0 Å². The summed E-state index contributed by atoms with van der Waals surface area (Å²) in [4.78, 5) is 4.49. The highest BCUT2D eigenvalue weighted by Gasteiger charge is 2.06. The lowest BCUT2D eigenvalue weighted by Gasteiger charge is -2.11. The molecule has 21 heavy (non-hydrogen) atoms. The predicted octanol–water partition coefficient (Wildman–Crippen LogP) is 5.57. The van der Waals surface area contributed by atoms with E-state index in [0.717, 1.165) is 37.2 Å². The predicted molar refractivity (Wildman–Crippen MR) is 93.0 cm³/mol. The van der Waals surface area contributed by atoms with E-state index in [0.29, 0.717) is 6.54 Å². The van der Waals surface area contributed by atoms with Crippen molar-refractivity contribution in [3.05, 3.63) is 69.3 Å². The topological polar surface area (TPSA) is 24.9 Å². The Morgan fingerprint density at radius 1 is 1.19 bits per heavy atom. The highest BCUT2D eigenvalue weighted by molar-refractivity contribution is 9.10. The first-order valence-electron chi connectivity index (χ1n) is 6.67. The van der Waals surface area contributed by atoms with Gasteiger partial charge in [0, 0.05) is 22.6 Å². The zero-order valence-electron chi connectivity index (χ0n) is 11.5. The minimum absolute atomic E-state index is 0.684. The summed E-state index contributed by atoms with van der Waals surface area (Å²) in [5, 5.41) is 5.24. The normalized spacial score (nSPS) is 10.8. The van der Waals surface area contributed by atoms with E-state index in [9.17, 15) is 0 Å². The largest absolute Gasteiger partial charge is 0.380 e. The molecule has 0 spiro atoms. The molecule has 0 fully saturated rings. The SMILES string of the molecule is Cc1ccc(NCc2ccc(Br)c3cccnc23)c(Cl)c1. The summed E-state index contributed by atoms with van der Waals surface area (Å²) >= 11 is 9.82. The van der Waals surface area contributed by atoms with Crippen molar-refractivity contribution in [2.75, 3.05) is 5.32 Å². The molecule has 1 heterocycles. The van der Waals surface area contributed by atoms with Gasteiger partial charge in [0.25, 0.3) is 0 Å². The van der Waals surface area contributed by atoms with Gasteiger partial charge in [0.15, 0.2) is 0 Å². The molecule has 0 bridgehead atoms. The number of pyridine rings is 1. The van der Waals surface area contributed by atoms with Crippen molar-refractivity contribution in [2.24, 2.45) is 0 Å². The molecule has 1 N–H and O–H groups in total. The molecule has 0 saturated heterocycles. The number of hydrogen-bond acceptors (Lipinski definition) is 2. The average Bonchev–Trinajstić information content (AvgIpc) is 2.48. The Balaban J connectivity index is 1.90. The Kier molecular flexibility index (Phi) is 4.13. The number of nitrogens with zero attached hydrogens (tertiary/aromatic N) is 1. The maximum atomic E-state index is 6.25. The molecule has 2 aromatic carbocycles. The second-order valence-corrected chi connectivity index (χ2v) is 6.20. The first-order chi connectivity index (χ1) is 10.1. The van der Waals surface area contributed by atoms with Crippen LogP contribution in [0.4, 0.5) is 5.69 Å². The van der Waals surface area contributed by atoms with Crippen molar-refractivity contribution in [2.45, 2.75) is 13.5 Å². The molecule has 0 aliphatic carbocycles. The number of aromatic nitrogens is 1. The molecule has 0 amide bonds. The Morgan fingerprint density at radius 2 is 2.05 bits per heavy atom. The molecular formula is C17H14BrClN2. The molecule has 0 atom stereocenters. The lowest BCUT2D eigenvalue weighted by molar-refractivity contribution is 1.15. The highest BCUT2D eigenvalue weighted by Crippen LogP contribution is 2.27. The molecule has 0 saturated carbocycles. The van der Waals surface area contributed by atoms with E-state index in [1.54, 1.807) is 0 Å². The fourth-order valence-electron chi connectivity index (χ4n) is 2.29. The van der Waals surface area contributed by atoms with Crippen LogP contribution in [0.25, 0.3) is 10.9 Å². The van der Waals surface area contributed by atoms with E-state index in [-0.39, 0.29) is 0 Å². The van der Waals surface area contributed by atoms with Gasteiger partial charge in [-0.25, -0.2) is 0 Å². The number of halogens is 2. The van der Waals surface area contributed by atoms with E-state index in [1.807, 2.05) is 37.4 Å². The second-order valence-electron chi connectivity index (χ2n) is 4.94. The lowest BCUT2D eigenvalue weighted by Crippen LogP contribution is -2.01. The van der Waals surface area contributed by atoms with E-state index in [2.05, 4.69) is 44.4 Å². The summed E-state index contributed by atoms with van der Waals surface area (Å²) in [5.41, 5.74) is 4.24. The van der Waals surface area contributed by atoms with Gasteiger partial charge in [-0.15, -0.1) is 0 Å². The van der Waals surface area contributed by atoms with Gasteiger partial charge in [0.2, 0.25) is 0 Å². The van der Waals surface area contributed by atoms with Crippen LogP contribution in [-0.2, 0) is 6.54 Å². The van der Waals surface area contributed by atoms with Crippen LogP contribution in [0.2, 0.25) is 5.02 Å². The molecule has 0 aliphatic rings. The third-order valence-electron chi connectivity index (χ3n) is 3.39. The van der Waals surface area contributed by atoms with E-state index < -0.39 is 0 Å². The minimum Gasteiger partial charge on any atom is -0.380 e. The number of rotatable bonds is 3. The van der Waals surface area contributed by atoms with Crippen molar-refractivity contribution < 1.29 is 0 Å². The molecule has 4 heteroatoms. The van der Waals surface area contributed by atoms with Crippen LogP contribution >= 0.6 is 27.5 Å². The summed E-state index contributed by atoms with van der Waals surface area (Å²) in [5.74, 6) is 0. The first kappa shape index (κ1) is 14.4. The van der Waals surface area contributed by atoms with Gasteiger partial charge in [-0.3, -0.25) is 4.98 Å². The van der Waals surface area contributed by atoms with Gasteiger partial charge in [-0.1, -0.05) is 45.7 Å². The molecular weight excluding hydrogens is 348 g/mol. The maximum Gasteiger partial charge on any atom is 0.0763 e. The zero-order valence-corrected chi connectivity index (χ0v) is 13.9. The Bertz CT molecular complexity index is 802. The van der Waals surface area contributed by atoms with Crippen molar-refractivity contribution >= 4 is 44.1 Å². The third-order valence-corrected chi connectivity index (χ3v) is 4.40. The number of fused-ring (bicyclic) bond motifs is 1. The summed E-state index contributed by atoms with van der Waals surface area (Å²) < 4.78 is 1.06. The maximum absolute atomic E-state index is 6.25. The zero-order chi connectivity index (χ0) is 14.8. The standard InChI is InChI=1S/C17H14BrClN2/c1-11-4-7-16(15(19)9-11)21-10-12-5-6-14(18)13-3-2-8-20-17(12)13/h2-9,21H,10H2,1H3. The van der Waals surface area contributed by atoms with E-state index in [1.165, 1.54) is 0 Å². The van der Waals surface area contributed by atoms with Crippen LogP contribution in [0, 0.1) is 6.92 Å². The number of benzene rings is 2. The van der Waals surface area contributed by atoms with Gasteiger partial charge in [-0.05, 0) is 42.3 Å².